The summed E-state index contributed by atoms with van der Waals surface area (Å²) in [4.78, 5) is 14.2. The Morgan fingerprint density at radius 2 is 1.20 bits per heavy atom. The van der Waals surface area contributed by atoms with Gasteiger partial charge in [0, 0.05) is 16.9 Å². The molecule has 296 valence electrons. The van der Waals surface area contributed by atoms with E-state index >= 15 is 8.78 Å². The molecule has 4 fully saturated rings. The molecule has 2 unspecified atom stereocenters. The quantitative estimate of drug-likeness (QED) is 0.142. The zero-order valence-electron chi connectivity index (χ0n) is 32.7. The molecule has 2 aromatic rings. The van der Waals surface area contributed by atoms with E-state index < -0.39 is 35.3 Å². The number of hydrogen-bond acceptors (Lipinski definition) is 5. The Morgan fingerprint density at radius 3 is 1.61 bits per heavy atom. The minimum absolute atomic E-state index is 0.0614. The van der Waals surface area contributed by atoms with Gasteiger partial charge in [0.1, 0.15) is 34.7 Å². The third-order valence-corrected chi connectivity index (χ3v) is 14.1. The Labute approximate surface area is 321 Å². The summed E-state index contributed by atoms with van der Waals surface area (Å²) in [6.07, 6.45) is 18.2. The van der Waals surface area contributed by atoms with E-state index in [2.05, 4.69) is 13.8 Å². The summed E-state index contributed by atoms with van der Waals surface area (Å²) >= 11 is 0. The zero-order valence-corrected chi connectivity index (χ0v) is 32.7. The number of benzene rings is 2. The van der Waals surface area contributed by atoms with Crippen molar-refractivity contribution in [1.82, 2.24) is 0 Å². The first-order valence-corrected chi connectivity index (χ1v) is 21.4. The van der Waals surface area contributed by atoms with Crippen LogP contribution in [0, 0.1) is 51.6 Å². The van der Waals surface area contributed by atoms with Crippen LogP contribution in [0.3, 0.4) is 0 Å². The Hall–Kier alpha value is -3.21. The highest BCUT2D eigenvalue weighted by atomic mass is 19.2. The summed E-state index contributed by atoms with van der Waals surface area (Å²) in [5.74, 6) is -0.344. The van der Waals surface area contributed by atoms with Crippen molar-refractivity contribution >= 4 is 5.97 Å². The molecule has 0 spiro atoms. The number of esters is 1. The lowest BCUT2D eigenvalue weighted by Crippen LogP contribution is -2.46. The van der Waals surface area contributed by atoms with Gasteiger partial charge in [-0.25, -0.2) is 18.0 Å². The first-order chi connectivity index (χ1) is 26.2. The molecular weight excluding hydrogens is 688 g/mol. The highest BCUT2D eigenvalue weighted by Crippen LogP contribution is 2.55. The van der Waals surface area contributed by atoms with Crippen molar-refractivity contribution in [3.8, 4) is 23.3 Å². The maximum atomic E-state index is 17.2. The van der Waals surface area contributed by atoms with E-state index in [9.17, 15) is 14.4 Å². The molecule has 2 aromatic carbocycles. The minimum atomic E-state index is -1.69. The molecule has 0 bridgehead atoms. The van der Waals surface area contributed by atoms with Gasteiger partial charge >= 0.3 is 5.97 Å². The predicted molar refractivity (Wildman–Crippen MR) is 205 cm³/mol. The van der Waals surface area contributed by atoms with Gasteiger partial charge in [0.25, 0.3) is 0 Å². The molecule has 54 heavy (non-hydrogen) atoms. The smallest absolute Gasteiger partial charge is 0.351 e. The fraction of sp³-hybridized carbons (Fsp3) is 0.696. The molecule has 4 saturated carbocycles. The number of nitriles is 1. The van der Waals surface area contributed by atoms with Crippen LogP contribution in [0.25, 0.3) is 0 Å². The molecule has 8 heteroatoms. The molecule has 4 aliphatic carbocycles. The maximum Gasteiger partial charge on any atom is 0.351 e. The lowest BCUT2D eigenvalue weighted by atomic mass is 9.60. The third kappa shape index (κ3) is 8.92. The lowest BCUT2D eigenvalue weighted by Gasteiger charge is -2.48. The van der Waals surface area contributed by atoms with Crippen LogP contribution in [0.1, 0.15) is 171 Å². The van der Waals surface area contributed by atoms with Crippen molar-refractivity contribution < 1.29 is 32.2 Å². The molecule has 0 aromatic heterocycles. The van der Waals surface area contributed by atoms with Gasteiger partial charge in [-0.15, -0.1) is 0 Å². The van der Waals surface area contributed by atoms with Gasteiger partial charge in [0.05, 0.1) is 5.56 Å². The van der Waals surface area contributed by atoms with Gasteiger partial charge in [-0.05, 0) is 99.3 Å². The number of halogens is 3. The Kier molecular flexibility index (Phi) is 13.9. The minimum Gasteiger partial charge on any atom is -0.459 e. The van der Waals surface area contributed by atoms with Crippen LogP contribution in [0.2, 0.25) is 0 Å². The van der Waals surface area contributed by atoms with Crippen molar-refractivity contribution in [3.63, 3.8) is 0 Å². The molecule has 0 aliphatic heterocycles. The zero-order chi connectivity index (χ0) is 38.1. The van der Waals surface area contributed by atoms with E-state index in [1.807, 2.05) is 0 Å². The topological polar surface area (TPSA) is 68.6 Å². The number of hydrogen-bond donors (Lipinski definition) is 0. The van der Waals surface area contributed by atoms with Crippen LogP contribution in [-0.2, 0) is 0 Å². The van der Waals surface area contributed by atoms with Crippen LogP contribution >= 0.6 is 0 Å². The van der Waals surface area contributed by atoms with E-state index in [0.717, 1.165) is 109 Å². The first kappa shape index (κ1) is 40.5. The van der Waals surface area contributed by atoms with Crippen molar-refractivity contribution in [1.29, 1.82) is 5.26 Å². The second kappa shape index (κ2) is 18.6. The molecule has 0 amide bonds. The molecule has 0 heterocycles. The van der Waals surface area contributed by atoms with Crippen molar-refractivity contribution in [2.75, 3.05) is 0 Å². The van der Waals surface area contributed by atoms with Crippen LogP contribution in [0.15, 0.2) is 36.4 Å². The van der Waals surface area contributed by atoms with E-state index in [1.165, 1.54) is 37.1 Å². The second-order valence-corrected chi connectivity index (χ2v) is 17.2. The highest BCUT2D eigenvalue weighted by molar-refractivity contribution is 5.97. The number of ether oxygens (including phenoxy) is 3. The first-order valence-electron chi connectivity index (χ1n) is 21.4. The van der Waals surface area contributed by atoms with Gasteiger partial charge in [-0.1, -0.05) is 110 Å². The van der Waals surface area contributed by atoms with Gasteiger partial charge in [-0.3, -0.25) is 0 Å². The van der Waals surface area contributed by atoms with Crippen LogP contribution in [-0.4, -0.2) is 18.7 Å². The molecular formula is C46H62F3NO4. The van der Waals surface area contributed by atoms with Gasteiger partial charge in [-0.2, -0.15) is 5.26 Å². The SMILES string of the molecule is CCCC1CCC(C2(C(F)Oc3cccc(OC(F)C4(C5CCC(CCC)CC5)CCCCC4)c3C(=O)Oc3ccc(C#N)c(F)c3)CCCCC2)CC1. The average molecular weight is 750 g/mol. The summed E-state index contributed by atoms with van der Waals surface area (Å²) in [6, 6.07) is 9.98. The Balaban J connectivity index is 1.31. The number of carbonyl (C=O) groups is 1. The number of nitrogens with zero attached hydrogens (tertiary/aromatic N) is 1. The van der Waals surface area contributed by atoms with Crippen molar-refractivity contribution in [2.45, 2.75) is 168 Å². The predicted octanol–water partition coefficient (Wildman–Crippen LogP) is 13.4. The molecule has 0 saturated heterocycles. The number of rotatable bonds is 14. The summed E-state index contributed by atoms with van der Waals surface area (Å²) in [5, 5.41) is 9.23. The normalized spacial score (nSPS) is 26.5. The molecule has 5 nitrogen and oxygen atoms in total. The number of carbonyl (C=O) groups excluding carboxylic acids is 1. The van der Waals surface area contributed by atoms with Crippen molar-refractivity contribution in [3.05, 3.63) is 53.3 Å². The maximum absolute atomic E-state index is 17.2. The van der Waals surface area contributed by atoms with Crippen LogP contribution in [0.4, 0.5) is 13.2 Å². The fourth-order valence-electron chi connectivity index (χ4n) is 11.1. The summed E-state index contributed by atoms with van der Waals surface area (Å²) in [6.45, 7) is 4.44. The van der Waals surface area contributed by atoms with E-state index in [1.54, 1.807) is 12.1 Å². The van der Waals surface area contributed by atoms with E-state index in [-0.39, 0.29) is 40.2 Å². The van der Waals surface area contributed by atoms with Crippen LogP contribution in [0.5, 0.6) is 17.2 Å². The molecule has 2 atom stereocenters. The lowest BCUT2D eigenvalue weighted by molar-refractivity contribution is -0.120. The highest BCUT2D eigenvalue weighted by Gasteiger charge is 2.51. The molecule has 0 radical (unpaired) electrons. The molecule has 0 N–H and O–H groups in total. The molecule has 4 aliphatic rings. The fourth-order valence-corrected chi connectivity index (χ4v) is 11.1. The number of alkyl halides is 2. The summed E-state index contributed by atoms with van der Waals surface area (Å²) in [7, 11) is 0. The summed E-state index contributed by atoms with van der Waals surface area (Å²) < 4.78 is 67.2. The Bertz CT molecular complexity index is 1490. The standard InChI is InChI=1S/C46H62F3NO4/c1-3-12-32-16-21-35(22-17-32)45(26-7-5-8-27-45)43(48)53-39-14-11-15-40(41(39)42(51)52-37-25-20-34(31-50)38(47)30-37)54-44(49)46(28-9-6-10-29-46)36-23-18-33(13-4-2)19-24-36/h11,14-15,20,25,30,32-33,35-36,43-44H,3-10,12-13,16-19,21-24,26-29H2,1-2H3. The van der Waals surface area contributed by atoms with Gasteiger partial charge in [0.2, 0.25) is 12.7 Å². The van der Waals surface area contributed by atoms with Gasteiger partial charge < -0.3 is 14.2 Å². The molecule has 6 rings (SSSR count). The largest absolute Gasteiger partial charge is 0.459 e. The average Bonchev–Trinajstić information content (AvgIpc) is 3.19. The third-order valence-electron chi connectivity index (χ3n) is 14.1. The Morgan fingerprint density at radius 1 is 0.741 bits per heavy atom. The van der Waals surface area contributed by atoms with E-state index in [4.69, 9.17) is 14.2 Å². The van der Waals surface area contributed by atoms with Gasteiger partial charge in [0.15, 0.2) is 0 Å². The van der Waals surface area contributed by atoms with E-state index in [0.29, 0.717) is 37.5 Å². The monoisotopic (exact) mass is 749 g/mol. The second-order valence-electron chi connectivity index (χ2n) is 17.2. The summed E-state index contributed by atoms with van der Waals surface area (Å²) in [5.41, 5.74) is -1.77. The van der Waals surface area contributed by atoms with Crippen LogP contribution < -0.4 is 14.2 Å². The van der Waals surface area contributed by atoms with Crippen molar-refractivity contribution in [2.24, 2.45) is 34.5 Å².